The molecule has 1 heterocycles. The maximum Gasteiger partial charge on any atom is 0.341 e. The van der Waals surface area contributed by atoms with E-state index in [-0.39, 0.29) is 23.8 Å². The molecule has 0 spiro atoms. The second kappa shape index (κ2) is 14.6. The first-order valence-corrected chi connectivity index (χ1v) is 17.2. The van der Waals surface area contributed by atoms with Crippen molar-refractivity contribution in [3.05, 3.63) is 106 Å². The minimum absolute atomic E-state index is 0.146. The van der Waals surface area contributed by atoms with Gasteiger partial charge in [-0.15, -0.1) is 23.1 Å². The number of carbonyl (C=O) groups is 3. The fourth-order valence-corrected chi connectivity index (χ4v) is 8.04. The molecule has 0 radical (unpaired) electrons. The predicted octanol–water partition coefficient (Wildman–Crippen LogP) is 8.81. The lowest BCUT2D eigenvalue weighted by atomic mass is 9.72. The van der Waals surface area contributed by atoms with Crippen LogP contribution in [-0.4, -0.2) is 31.5 Å². The van der Waals surface area contributed by atoms with Gasteiger partial charge in [0.05, 0.1) is 19.3 Å². The fourth-order valence-electron chi connectivity index (χ4n) is 5.64. The van der Waals surface area contributed by atoms with Crippen LogP contribution in [0.2, 0.25) is 0 Å². The van der Waals surface area contributed by atoms with Crippen LogP contribution in [0, 0.1) is 11.3 Å². The minimum Gasteiger partial charge on any atom is -0.497 e. The van der Waals surface area contributed by atoms with E-state index < -0.39 is 11.2 Å². The summed E-state index contributed by atoms with van der Waals surface area (Å²) in [6.45, 7) is 8.82. The molecule has 2 amide bonds. The topological polar surface area (TPSA) is 93.7 Å². The maximum atomic E-state index is 14.1. The zero-order valence-electron chi connectivity index (χ0n) is 26.8. The second-order valence-corrected chi connectivity index (χ2v) is 14.6. The van der Waals surface area contributed by atoms with Crippen molar-refractivity contribution in [1.29, 1.82) is 0 Å². The third-order valence-electron chi connectivity index (χ3n) is 8.24. The van der Waals surface area contributed by atoms with Crippen LogP contribution in [0.25, 0.3) is 0 Å². The SMILES string of the molecule is CCOC(=O)c1c(NC(=O)C(Sc2cccc(NC(=O)c3ccc(OC)cc3)c2)c2ccccc2)sc2c1CCC(C(C)(C)C)C2. The van der Waals surface area contributed by atoms with Gasteiger partial charge in [-0.3, -0.25) is 9.59 Å². The Bertz CT molecular complexity index is 1690. The Kier molecular flexibility index (Phi) is 10.5. The molecule has 0 bridgehead atoms. The highest BCUT2D eigenvalue weighted by atomic mass is 32.2. The van der Waals surface area contributed by atoms with Crippen molar-refractivity contribution >= 4 is 51.6 Å². The molecule has 0 aliphatic heterocycles. The molecule has 240 valence electrons. The summed E-state index contributed by atoms with van der Waals surface area (Å²) in [5, 5.41) is 6.01. The second-order valence-electron chi connectivity index (χ2n) is 12.3. The molecule has 0 saturated carbocycles. The summed E-state index contributed by atoms with van der Waals surface area (Å²) in [4.78, 5) is 42.2. The van der Waals surface area contributed by atoms with Crippen molar-refractivity contribution in [2.45, 2.75) is 57.1 Å². The van der Waals surface area contributed by atoms with Crippen molar-refractivity contribution < 1.29 is 23.9 Å². The lowest BCUT2D eigenvalue weighted by molar-refractivity contribution is -0.115. The predicted molar refractivity (Wildman–Crippen MR) is 186 cm³/mol. The number of ether oxygens (including phenoxy) is 2. The number of thioether (sulfide) groups is 1. The number of benzene rings is 3. The van der Waals surface area contributed by atoms with Crippen LogP contribution in [0.5, 0.6) is 5.75 Å². The maximum absolute atomic E-state index is 14.1. The normalized spacial score (nSPS) is 14.9. The molecular formula is C37H40N2O5S2. The number of methoxy groups -OCH3 is 1. The van der Waals surface area contributed by atoms with Crippen LogP contribution < -0.4 is 15.4 Å². The number of anilines is 2. The van der Waals surface area contributed by atoms with E-state index in [0.717, 1.165) is 40.2 Å². The molecule has 7 nitrogen and oxygen atoms in total. The van der Waals surface area contributed by atoms with Gasteiger partial charge in [0.25, 0.3) is 5.91 Å². The molecule has 46 heavy (non-hydrogen) atoms. The summed E-state index contributed by atoms with van der Waals surface area (Å²) in [6.07, 6.45) is 2.64. The molecule has 1 aromatic heterocycles. The number of carbonyl (C=O) groups excluding carboxylic acids is 3. The number of fused-ring (bicyclic) bond motifs is 1. The number of rotatable bonds is 10. The van der Waals surface area contributed by atoms with Gasteiger partial charge in [0.15, 0.2) is 0 Å². The highest BCUT2D eigenvalue weighted by molar-refractivity contribution is 8.00. The number of hydrogen-bond donors (Lipinski definition) is 2. The van der Waals surface area contributed by atoms with Crippen LogP contribution >= 0.6 is 23.1 Å². The van der Waals surface area contributed by atoms with Gasteiger partial charge >= 0.3 is 5.97 Å². The van der Waals surface area contributed by atoms with E-state index in [1.54, 1.807) is 38.3 Å². The van der Waals surface area contributed by atoms with E-state index >= 15 is 0 Å². The summed E-state index contributed by atoms with van der Waals surface area (Å²) in [5.74, 6) is 0.284. The molecule has 4 aromatic rings. The number of esters is 1. The minimum atomic E-state index is -0.620. The van der Waals surface area contributed by atoms with Crippen LogP contribution in [0.4, 0.5) is 10.7 Å². The smallest absolute Gasteiger partial charge is 0.341 e. The van der Waals surface area contributed by atoms with Crippen LogP contribution in [0.3, 0.4) is 0 Å². The molecule has 1 aliphatic rings. The summed E-state index contributed by atoms with van der Waals surface area (Å²) < 4.78 is 10.7. The lowest BCUT2D eigenvalue weighted by Gasteiger charge is -2.33. The number of amides is 2. The van der Waals surface area contributed by atoms with E-state index in [4.69, 9.17) is 9.47 Å². The zero-order valence-corrected chi connectivity index (χ0v) is 28.5. The van der Waals surface area contributed by atoms with Gasteiger partial charge in [-0.1, -0.05) is 57.2 Å². The first-order valence-electron chi connectivity index (χ1n) is 15.5. The van der Waals surface area contributed by atoms with Crippen molar-refractivity contribution in [1.82, 2.24) is 0 Å². The van der Waals surface area contributed by atoms with E-state index in [9.17, 15) is 14.4 Å². The van der Waals surface area contributed by atoms with Gasteiger partial charge in [-0.05, 0) is 91.1 Å². The third-order valence-corrected chi connectivity index (χ3v) is 10.7. The largest absolute Gasteiger partial charge is 0.497 e. The van der Waals surface area contributed by atoms with Gasteiger partial charge in [-0.25, -0.2) is 4.79 Å². The van der Waals surface area contributed by atoms with Crippen LogP contribution in [-0.2, 0) is 22.4 Å². The summed E-state index contributed by atoms with van der Waals surface area (Å²) in [6, 6.07) is 23.9. The number of nitrogens with one attached hydrogen (secondary N) is 2. The van der Waals surface area contributed by atoms with Crippen molar-refractivity contribution in [3.8, 4) is 5.75 Å². The molecule has 9 heteroatoms. The molecule has 1 aliphatic carbocycles. The Hall–Kier alpha value is -4.08. The Labute approximate surface area is 279 Å². The van der Waals surface area contributed by atoms with Crippen molar-refractivity contribution in [3.63, 3.8) is 0 Å². The first-order chi connectivity index (χ1) is 22.1. The van der Waals surface area contributed by atoms with E-state index in [0.29, 0.717) is 33.5 Å². The molecule has 0 fully saturated rings. The molecule has 0 saturated heterocycles. The average Bonchev–Trinajstić information content (AvgIpc) is 3.41. The number of thiophene rings is 1. The van der Waals surface area contributed by atoms with Crippen molar-refractivity contribution in [2.75, 3.05) is 24.4 Å². The Morgan fingerprint density at radius 1 is 0.978 bits per heavy atom. The Morgan fingerprint density at radius 2 is 1.72 bits per heavy atom. The van der Waals surface area contributed by atoms with Gasteiger partial charge < -0.3 is 20.1 Å². The third kappa shape index (κ3) is 7.82. The van der Waals surface area contributed by atoms with Crippen LogP contribution in [0.1, 0.15) is 76.1 Å². The van der Waals surface area contributed by atoms with Gasteiger partial charge in [0.1, 0.15) is 16.0 Å². The van der Waals surface area contributed by atoms with Crippen LogP contribution in [0.15, 0.2) is 83.8 Å². The standard InChI is InChI=1S/C37H40N2O5S2/c1-6-44-36(42)31-29-20-17-25(37(2,3)4)21-30(29)46-35(31)39-34(41)32(23-11-8-7-9-12-23)45-28-14-10-13-26(22-28)38-33(40)24-15-18-27(43-5)19-16-24/h7-16,18-19,22,25,32H,6,17,20-21H2,1-5H3,(H,38,40)(H,39,41). The fraction of sp³-hybridized carbons (Fsp3) is 0.324. The lowest BCUT2D eigenvalue weighted by Crippen LogP contribution is -2.26. The number of hydrogen-bond acceptors (Lipinski definition) is 7. The molecule has 2 unspecified atom stereocenters. The molecular weight excluding hydrogens is 617 g/mol. The molecule has 2 N–H and O–H groups in total. The highest BCUT2D eigenvalue weighted by Crippen LogP contribution is 2.45. The van der Waals surface area contributed by atoms with Gasteiger partial charge in [0.2, 0.25) is 5.91 Å². The molecule has 2 atom stereocenters. The summed E-state index contributed by atoms with van der Waals surface area (Å²) in [5.41, 5.74) is 3.58. The average molecular weight is 657 g/mol. The van der Waals surface area contributed by atoms with E-state index in [2.05, 4.69) is 31.4 Å². The van der Waals surface area contributed by atoms with Gasteiger partial charge in [0, 0.05) is 21.0 Å². The van der Waals surface area contributed by atoms with Gasteiger partial charge in [-0.2, -0.15) is 0 Å². The Balaban J connectivity index is 1.40. The summed E-state index contributed by atoms with van der Waals surface area (Å²) >= 11 is 2.88. The first kappa shape index (κ1) is 33.3. The quantitative estimate of drug-likeness (QED) is 0.131. The summed E-state index contributed by atoms with van der Waals surface area (Å²) in [7, 11) is 1.58. The zero-order chi connectivity index (χ0) is 32.8. The monoisotopic (exact) mass is 656 g/mol. The van der Waals surface area contributed by atoms with Crippen molar-refractivity contribution in [2.24, 2.45) is 11.3 Å². The highest BCUT2D eigenvalue weighted by Gasteiger charge is 2.35. The van der Waals surface area contributed by atoms with E-state index in [1.807, 2.05) is 54.6 Å². The Morgan fingerprint density at radius 3 is 2.39 bits per heavy atom. The molecule has 5 rings (SSSR count). The van der Waals surface area contributed by atoms with E-state index in [1.165, 1.54) is 23.1 Å². The molecule has 3 aromatic carbocycles.